The fraction of sp³-hybridized carbons (Fsp3) is 0.412. The monoisotopic (exact) mass is 630 g/mol. The van der Waals surface area contributed by atoms with Gasteiger partial charge in [0.15, 0.2) is 0 Å². The highest BCUT2D eigenvalue weighted by Gasteiger charge is 2.20. The van der Waals surface area contributed by atoms with E-state index < -0.39 is 0 Å². The van der Waals surface area contributed by atoms with Crippen molar-refractivity contribution in [3.63, 3.8) is 0 Å². The molecule has 2 fully saturated rings. The Morgan fingerprint density at radius 1 is 0.636 bits per heavy atom. The lowest BCUT2D eigenvalue weighted by Crippen LogP contribution is -2.27. The van der Waals surface area contributed by atoms with Gasteiger partial charge >= 0.3 is 0 Å². The van der Waals surface area contributed by atoms with Crippen LogP contribution in [0.1, 0.15) is 49.9 Å². The molecule has 0 spiro atoms. The number of hydrogen-bond acceptors (Lipinski definition) is 8. The molecule has 0 radical (unpaired) electrons. The molecule has 2 aromatic heterocycles. The number of aromatic nitrogens is 4. The van der Waals surface area contributed by atoms with Crippen LogP contribution in [0.3, 0.4) is 0 Å². The normalized spacial score (nSPS) is 15.1. The van der Waals surface area contributed by atoms with E-state index >= 15 is 0 Å². The highest BCUT2D eigenvalue weighted by Crippen LogP contribution is 2.42. The number of anilines is 2. The predicted molar refractivity (Wildman–Crippen MR) is 181 cm³/mol. The van der Waals surface area contributed by atoms with Crippen LogP contribution in [-0.2, 0) is 13.1 Å². The first-order chi connectivity index (χ1) is 21.6. The third-order valence-electron chi connectivity index (χ3n) is 8.91. The minimum Gasteiger partial charge on any atom is -0.372 e. The van der Waals surface area contributed by atoms with Crippen LogP contribution in [0.25, 0.3) is 33.6 Å². The molecule has 0 atom stereocenters. The maximum Gasteiger partial charge on any atom is 0.149 e. The molecule has 230 valence electrons. The number of nitrogens with zero attached hydrogens (tertiary/aromatic N) is 4. The van der Waals surface area contributed by atoms with Crippen LogP contribution < -0.4 is 21.3 Å². The number of nitrogens with one attached hydrogen (secondary N) is 4. The fourth-order valence-electron chi connectivity index (χ4n) is 5.81. The van der Waals surface area contributed by atoms with Crippen molar-refractivity contribution in [1.29, 1.82) is 0 Å². The summed E-state index contributed by atoms with van der Waals surface area (Å²) in [6, 6.07) is 11.8. The largest absolute Gasteiger partial charge is 0.372 e. The molecule has 8 nitrogen and oxygen atoms in total. The van der Waals surface area contributed by atoms with Crippen molar-refractivity contribution in [3.05, 3.63) is 70.2 Å². The number of rotatable bonds is 13. The van der Waals surface area contributed by atoms with Crippen LogP contribution in [0.5, 0.6) is 0 Å². The summed E-state index contributed by atoms with van der Waals surface area (Å²) in [7, 11) is 3.74. The summed E-state index contributed by atoms with van der Waals surface area (Å²) in [6.45, 7) is 3.38. The minimum absolute atomic E-state index is 0.564. The summed E-state index contributed by atoms with van der Waals surface area (Å²) in [4.78, 5) is 19.2. The van der Waals surface area contributed by atoms with E-state index in [1.54, 1.807) is 12.4 Å². The van der Waals surface area contributed by atoms with Crippen LogP contribution in [0.15, 0.2) is 48.8 Å². The molecular formula is C34H40Cl2N8. The number of benzene rings is 2. The molecule has 2 saturated carbocycles. The van der Waals surface area contributed by atoms with Crippen molar-refractivity contribution in [3.8, 4) is 33.6 Å². The molecule has 10 heteroatoms. The van der Waals surface area contributed by atoms with E-state index in [2.05, 4.69) is 21.3 Å². The van der Waals surface area contributed by atoms with Crippen molar-refractivity contribution >= 4 is 34.8 Å². The van der Waals surface area contributed by atoms with E-state index in [-0.39, 0.29) is 0 Å². The van der Waals surface area contributed by atoms with Crippen LogP contribution in [0.2, 0.25) is 10.0 Å². The Labute approximate surface area is 269 Å². The lowest BCUT2D eigenvalue weighted by Gasteiger charge is -2.25. The van der Waals surface area contributed by atoms with Crippen molar-refractivity contribution in [2.75, 3.05) is 37.8 Å². The predicted octanol–water partition coefficient (Wildman–Crippen LogP) is 7.44. The molecule has 0 bridgehead atoms. The highest BCUT2D eigenvalue weighted by molar-refractivity contribution is 6.39. The Bertz CT molecular complexity index is 1480. The molecule has 0 amide bonds. The van der Waals surface area contributed by atoms with Gasteiger partial charge in [-0.15, -0.1) is 0 Å². The molecular weight excluding hydrogens is 591 g/mol. The van der Waals surface area contributed by atoms with E-state index in [0.29, 0.717) is 34.5 Å². The van der Waals surface area contributed by atoms with Gasteiger partial charge in [0.25, 0.3) is 0 Å². The topological polar surface area (TPSA) is 99.7 Å². The molecule has 0 aliphatic heterocycles. The first-order valence-corrected chi connectivity index (χ1v) is 16.4. The minimum atomic E-state index is 0.564. The second-order valence-corrected chi connectivity index (χ2v) is 12.5. The standard InChI is InChI=1S/C34H40Cl2N8/c1-37-33-29(17-39-15-21-7-3-8-21)41-19-27(43-33)25-13-5-11-23(31(25)35)24-12-6-14-26(32(24)36)28-20-42-30(34(38-2)44-28)18-40-16-22-9-4-10-22/h5-6,11-14,19-22,39-40H,3-4,7-10,15-18H2,1-2H3,(H,37,43)(H,38,44). The average Bonchev–Trinajstić information content (AvgIpc) is 3.00. The van der Waals surface area contributed by atoms with Gasteiger partial charge in [0.2, 0.25) is 0 Å². The maximum absolute atomic E-state index is 7.07. The lowest BCUT2D eigenvalue weighted by atomic mass is 9.85. The van der Waals surface area contributed by atoms with Gasteiger partial charge in [0.1, 0.15) is 11.6 Å². The molecule has 4 N–H and O–H groups in total. The van der Waals surface area contributed by atoms with Gasteiger partial charge in [-0.2, -0.15) is 0 Å². The van der Waals surface area contributed by atoms with Crippen LogP contribution >= 0.6 is 23.2 Å². The molecule has 2 aliphatic carbocycles. The summed E-state index contributed by atoms with van der Waals surface area (Å²) >= 11 is 14.1. The van der Waals surface area contributed by atoms with Gasteiger partial charge in [-0.25, -0.2) is 9.97 Å². The first-order valence-electron chi connectivity index (χ1n) is 15.6. The number of hydrogen-bond donors (Lipinski definition) is 4. The summed E-state index contributed by atoms with van der Waals surface area (Å²) in [5.74, 6) is 3.05. The summed E-state index contributed by atoms with van der Waals surface area (Å²) < 4.78 is 0. The van der Waals surface area contributed by atoms with Crippen molar-refractivity contribution < 1.29 is 0 Å². The Hall–Kier alpha value is -3.30. The Kier molecular flexibility index (Phi) is 9.92. The van der Waals surface area contributed by atoms with E-state index in [9.17, 15) is 0 Å². The zero-order valence-corrected chi connectivity index (χ0v) is 26.9. The van der Waals surface area contributed by atoms with Crippen molar-refractivity contribution in [2.45, 2.75) is 51.6 Å². The molecule has 44 heavy (non-hydrogen) atoms. The van der Waals surface area contributed by atoms with E-state index in [1.807, 2.05) is 50.5 Å². The van der Waals surface area contributed by atoms with Gasteiger partial charge in [0, 0.05) is 49.4 Å². The second-order valence-electron chi connectivity index (χ2n) is 11.8. The zero-order chi connectivity index (χ0) is 30.5. The summed E-state index contributed by atoms with van der Waals surface area (Å²) in [6.07, 6.45) is 11.5. The molecule has 2 heterocycles. The zero-order valence-electron chi connectivity index (χ0n) is 25.4. The van der Waals surface area contributed by atoms with Crippen LogP contribution in [0.4, 0.5) is 11.6 Å². The average molecular weight is 632 g/mol. The van der Waals surface area contributed by atoms with E-state index in [0.717, 1.165) is 70.2 Å². The van der Waals surface area contributed by atoms with E-state index in [1.165, 1.54) is 38.5 Å². The van der Waals surface area contributed by atoms with Gasteiger partial charge in [-0.3, -0.25) is 9.97 Å². The third-order valence-corrected chi connectivity index (χ3v) is 9.72. The molecule has 4 aromatic rings. The van der Waals surface area contributed by atoms with Gasteiger partial charge < -0.3 is 21.3 Å². The molecule has 2 aliphatic rings. The molecule has 0 saturated heterocycles. The van der Waals surface area contributed by atoms with Crippen LogP contribution in [-0.4, -0.2) is 47.1 Å². The van der Waals surface area contributed by atoms with Crippen molar-refractivity contribution in [2.24, 2.45) is 11.8 Å². The van der Waals surface area contributed by atoms with Gasteiger partial charge in [0.05, 0.1) is 45.2 Å². The SMILES string of the molecule is CNc1nc(-c2cccc(-c3cccc(-c4cnc(CNCC5CCC5)c(NC)n4)c3Cl)c2Cl)cnc1CNCC1CCC1. The summed E-state index contributed by atoms with van der Waals surface area (Å²) in [5, 5.41) is 14.6. The second kappa shape index (κ2) is 14.2. The Morgan fingerprint density at radius 3 is 1.41 bits per heavy atom. The number of halogens is 2. The fourth-order valence-corrected chi connectivity index (χ4v) is 6.45. The lowest BCUT2D eigenvalue weighted by molar-refractivity contribution is 0.301. The third kappa shape index (κ3) is 6.69. The van der Waals surface area contributed by atoms with Crippen molar-refractivity contribution in [1.82, 2.24) is 30.6 Å². The van der Waals surface area contributed by atoms with Gasteiger partial charge in [-0.05, 0) is 50.6 Å². The highest BCUT2D eigenvalue weighted by atomic mass is 35.5. The molecule has 0 unspecified atom stereocenters. The van der Waals surface area contributed by atoms with Gasteiger partial charge in [-0.1, -0.05) is 72.4 Å². The van der Waals surface area contributed by atoms with E-state index in [4.69, 9.17) is 43.1 Å². The smallest absolute Gasteiger partial charge is 0.149 e. The van der Waals surface area contributed by atoms with Crippen LogP contribution in [0, 0.1) is 11.8 Å². The molecule has 2 aromatic carbocycles. The maximum atomic E-state index is 7.07. The Morgan fingerprint density at radius 2 is 1.05 bits per heavy atom. The molecule has 6 rings (SSSR count). The Balaban J connectivity index is 1.24. The summed E-state index contributed by atoms with van der Waals surface area (Å²) in [5.41, 5.74) is 6.38. The quantitative estimate of drug-likeness (QED) is 0.121. The first kappa shape index (κ1) is 30.7.